The second-order valence-electron chi connectivity index (χ2n) is 26.8. The summed E-state index contributed by atoms with van der Waals surface area (Å²) in [5, 5.41) is 19.9. The van der Waals surface area contributed by atoms with Crippen LogP contribution < -0.4 is 0 Å². The molecule has 0 radical (unpaired) electrons. The first-order valence-corrected chi connectivity index (χ1v) is 30.2. The van der Waals surface area contributed by atoms with Crippen molar-refractivity contribution in [2.24, 2.45) is 50.2 Å². The van der Waals surface area contributed by atoms with Gasteiger partial charge in [-0.15, -0.1) is 5.10 Å². The van der Waals surface area contributed by atoms with Gasteiger partial charge in [0.2, 0.25) is 0 Å². The van der Waals surface area contributed by atoms with Crippen LogP contribution in [0, 0.1) is 50.2 Å². The monoisotopic (exact) mass is 1100 g/mol. The average Bonchev–Trinajstić information content (AvgIpc) is 3.96. The Morgan fingerprint density at radius 3 is 1.94 bits per heavy atom. The van der Waals surface area contributed by atoms with Crippen LogP contribution in [0.4, 0.5) is 0 Å². The number of hydrogen-bond acceptors (Lipinski definition) is 12. The third-order valence-corrected chi connectivity index (χ3v) is 21.3. The topological polar surface area (TPSA) is 150 Å². The summed E-state index contributed by atoms with van der Waals surface area (Å²) >= 11 is 0. The van der Waals surface area contributed by atoms with Crippen molar-refractivity contribution in [3.05, 3.63) is 131 Å². The van der Waals surface area contributed by atoms with Gasteiger partial charge < -0.3 is 38.3 Å². The number of unbranched alkanes of at least 4 members (excludes halogenated alkanes) is 3. The summed E-state index contributed by atoms with van der Waals surface area (Å²) in [5.74, 6) is 0.668. The van der Waals surface area contributed by atoms with Gasteiger partial charge in [-0.3, -0.25) is 9.48 Å². The van der Waals surface area contributed by atoms with Crippen LogP contribution >= 0.6 is 0 Å². The number of nitrogens with zero attached hydrogens (tertiary/aromatic N) is 3. The van der Waals surface area contributed by atoms with Gasteiger partial charge in [-0.25, -0.2) is 4.79 Å². The van der Waals surface area contributed by atoms with E-state index < -0.39 is 42.1 Å². The molecule has 1 saturated heterocycles. The summed E-state index contributed by atoms with van der Waals surface area (Å²) in [6, 6.07) is 29.4. The van der Waals surface area contributed by atoms with Crippen molar-refractivity contribution in [3.8, 4) is 0 Å². The Morgan fingerprint density at radius 1 is 0.675 bits per heavy atom. The molecule has 434 valence electrons. The molecule has 4 saturated carbocycles. The third kappa shape index (κ3) is 11.6. The van der Waals surface area contributed by atoms with E-state index in [1.165, 1.54) is 20.0 Å². The van der Waals surface area contributed by atoms with Gasteiger partial charge in [0.15, 0.2) is 12.4 Å². The van der Waals surface area contributed by atoms with Gasteiger partial charge in [-0.2, -0.15) is 0 Å². The van der Waals surface area contributed by atoms with E-state index in [-0.39, 0.29) is 71.5 Å². The van der Waals surface area contributed by atoms with Gasteiger partial charge in [0.25, 0.3) is 0 Å². The van der Waals surface area contributed by atoms with E-state index in [0.717, 1.165) is 93.7 Å². The molecule has 0 bridgehead atoms. The summed E-state index contributed by atoms with van der Waals surface area (Å²) in [5.41, 5.74) is 4.90. The number of carbonyl (C=O) groups excluding carboxylic acids is 2. The van der Waals surface area contributed by atoms with Crippen LogP contribution in [0.15, 0.2) is 109 Å². The fourth-order valence-corrected chi connectivity index (χ4v) is 16.4. The van der Waals surface area contributed by atoms with E-state index in [2.05, 4.69) is 64.9 Å². The van der Waals surface area contributed by atoms with Crippen molar-refractivity contribution in [1.29, 1.82) is 0 Å². The van der Waals surface area contributed by atoms with Gasteiger partial charge in [-0.05, 0) is 145 Å². The number of aliphatic hydroxyl groups is 1. The lowest BCUT2D eigenvalue weighted by atomic mass is 9.33. The van der Waals surface area contributed by atoms with Crippen molar-refractivity contribution in [3.63, 3.8) is 0 Å². The molecule has 2 heterocycles. The zero-order valence-electron chi connectivity index (χ0n) is 49.1. The van der Waals surface area contributed by atoms with E-state index in [4.69, 9.17) is 33.2 Å². The van der Waals surface area contributed by atoms with Crippen LogP contribution in [0.25, 0.3) is 0 Å². The molecule has 5 aliphatic carbocycles. The van der Waals surface area contributed by atoms with E-state index in [9.17, 15) is 14.7 Å². The lowest BCUT2D eigenvalue weighted by Crippen LogP contribution is -2.65. The number of ether oxygens (including phenoxy) is 7. The Labute approximate surface area is 476 Å². The predicted octanol–water partition coefficient (Wildman–Crippen LogP) is 12.7. The minimum absolute atomic E-state index is 0.0276. The van der Waals surface area contributed by atoms with Gasteiger partial charge in [0.1, 0.15) is 30.6 Å². The Morgan fingerprint density at radius 2 is 1.29 bits per heavy atom. The zero-order chi connectivity index (χ0) is 56.3. The lowest BCUT2D eigenvalue weighted by Gasteiger charge is -2.71. The van der Waals surface area contributed by atoms with Gasteiger partial charge >= 0.3 is 11.9 Å². The molecule has 0 spiro atoms. The molecular formula is C67H91N3O10. The predicted molar refractivity (Wildman–Crippen MR) is 305 cm³/mol. The van der Waals surface area contributed by atoms with E-state index in [1.807, 2.05) is 97.2 Å². The SMILES string of the molecule is CO[C@H]1O[C@H](C(=O)OCc2cn(CCCCCCOC(=O)[C@]34CCC(C)(C)C[C@H]3C3=CC[C@@H]5[C@@]6(C)CC[C@H](O)C(C)(C)[C@@H]6CC[C@@]5(C)[C@]3(C)CC4)nn2)[C@@H](OCc2ccccc2)[C@H](OCc2ccccc2)[C@H]1OCc1ccccc1. The Bertz CT molecular complexity index is 2730. The standard InChI is InChI=1S/C67H91N3O10/c1-62(2)34-36-67(37-35-65(6)50(51(67)40-62)28-29-53-64(5)32-31-54(71)63(3,4)52(64)30-33-66(53,65)7)61(73)75-39-21-10-9-20-38-70-41-49(68-69-70)45-79-59(72)57-55(76-42-46-22-14-11-15-23-46)56(77-43-47-24-16-12-17-25-47)58(60(74-8)80-57)78-44-48-26-18-13-19-27-48/h11-19,22-28,41,51-58,60,71H,9-10,20-21,29-40,42-45H2,1-8H3/t51-,52-,53+,54-,55-,56-,57-,58+,60-,64-,65+,66+,67-/m0/s1. The van der Waals surface area contributed by atoms with Crippen LogP contribution in [0.5, 0.6) is 0 Å². The van der Waals surface area contributed by atoms with Gasteiger partial charge in [0, 0.05) is 13.7 Å². The number of hydrogen-bond donors (Lipinski definition) is 1. The summed E-state index contributed by atoms with van der Waals surface area (Å²) in [6.07, 6.45) is 13.4. The Kier molecular flexibility index (Phi) is 17.7. The van der Waals surface area contributed by atoms with Crippen LogP contribution in [0.1, 0.15) is 161 Å². The molecule has 13 nitrogen and oxygen atoms in total. The van der Waals surface area contributed by atoms with Crippen molar-refractivity contribution >= 4 is 11.9 Å². The number of fused-ring (bicyclic) bond motifs is 7. The van der Waals surface area contributed by atoms with Crippen molar-refractivity contribution in [2.45, 2.75) is 208 Å². The van der Waals surface area contributed by atoms with E-state index >= 15 is 0 Å². The summed E-state index contributed by atoms with van der Waals surface area (Å²) in [7, 11) is 1.52. The van der Waals surface area contributed by atoms with Crippen LogP contribution in [-0.4, -0.2) is 82.6 Å². The number of esters is 2. The fourth-order valence-electron chi connectivity index (χ4n) is 16.4. The fraction of sp³-hybridized carbons (Fsp3) is 0.642. The number of benzene rings is 3. The molecule has 0 amide bonds. The summed E-state index contributed by atoms with van der Waals surface area (Å²) < 4.78 is 46.1. The number of carbonyl (C=O) groups is 2. The molecule has 4 aromatic rings. The highest BCUT2D eigenvalue weighted by Crippen LogP contribution is 2.76. The average molecular weight is 1100 g/mol. The maximum atomic E-state index is 14.7. The Balaban J connectivity index is 0.726. The van der Waals surface area contributed by atoms with Crippen LogP contribution in [0.3, 0.4) is 0 Å². The van der Waals surface area contributed by atoms with Crippen molar-refractivity contribution in [1.82, 2.24) is 15.0 Å². The minimum atomic E-state index is -1.22. The maximum absolute atomic E-state index is 14.7. The lowest BCUT2D eigenvalue weighted by molar-refractivity contribution is -0.315. The molecule has 5 fully saturated rings. The molecule has 10 rings (SSSR count). The highest BCUT2D eigenvalue weighted by Gasteiger charge is 2.69. The number of rotatable bonds is 21. The third-order valence-electron chi connectivity index (χ3n) is 21.3. The normalized spacial score (nSPS) is 34.2. The molecule has 1 N–H and O–H groups in total. The first-order chi connectivity index (χ1) is 38.4. The molecule has 13 atom stereocenters. The summed E-state index contributed by atoms with van der Waals surface area (Å²) in [6.45, 7) is 18.9. The van der Waals surface area contributed by atoms with E-state index in [0.29, 0.717) is 30.7 Å². The first-order valence-electron chi connectivity index (χ1n) is 30.2. The number of aromatic nitrogens is 3. The molecule has 6 aliphatic rings. The van der Waals surface area contributed by atoms with Crippen LogP contribution in [0.2, 0.25) is 0 Å². The highest BCUT2D eigenvalue weighted by atomic mass is 16.7. The van der Waals surface area contributed by atoms with Crippen molar-refractivity contribution in [2.75, 3.05) is 13.7 Å². The molecule has 80 heavy (non-hydrogen) atoms. The minimum Gasteiger partial charge on any atom is -0.465 e. The van der Waals surface area contributed by atoms with E-state index in [1.54, 1.807) is 10.3 Å². The zero-order valence-corrected chi connectivity index (χ0v) is 49.1. The van der Waals surface area contributed by atoms with Gasteiger partial charge in [0.05, 0.1) is 44.1 Å². The largest absolute Gasteiger partial charge is 0.465 e. The molecule has 13 heteroatoms. The summed E-state index contributed by atoms with van der Waals surface area (Å²) in [4.78, 5) is 28.9. The highest BCUT2D eigenvalue weighted by molar-refractivity contribution is 5.79. The van der Waals surface area contributed by atoms with Crippen LogP contribution in [-0.2, 0) is 75.7 Å². The second kappa shape index (κ2) is 24.2. The maximum Gasteiger partial charge on any atom is 0.338 e. The molecule has 0 unspecified atom stereocenters. The number of aryl methyl sites for hydroxylation is 1. The van der Waals surface area contributed by atoms with Gasteiger partial charge in [-0.1, -0.05) is 163 Å². The molecule has 1 aliphatic heterocycles. The number of allylic oxidation sites excluding steroid dienone is 2. The second-order valence-corrected chi connectivity index (χ2v) is 26.8. The first kappa shape index (κ1) is 58.4. The van der Waals surface area contributed by atoms with Crippen molar-refractivity contribution < 1.29 is 47.9 Å². The number of methoxy groups -OCH3 is 1. The number of aliphatic hydroxyl groups excluding tert-OH is 1. The Hall–Kier alpha value is -4.76. The quantitative estimate of drug-likeness (QED) is 0.0481. The molecular weight excluding hydrogens is 1010 g/mol. The smallest absolute Gasteiger partial charge is 0.338 e. The molecule has 3 aromatic carbocycles. The molecule has 1 aromatic heterocycles.